The molecule has 0 spiro atoms. The molecule has 176 valence electrons. The highest BCUT2D eigenvalue weighted by atomic mass is 32.2. The number of methoxy groups -OCH3 is 1. The lowest BCUT2D eigenvalue weighted by Gasteiger charge is -2.18. The fraction of sp³-hybridized carbons (Fsp3) is 0.238. The van der Waals surface area contributed by atoms with Crippen molar-refractivity contribution >= 4 is 42.3 Å². The minimum absolute atomic E-state index is 0.0256. The van der Waals surface area contributed by atoms with Gasteiger partial charge < -0.3 is 9.84 Å². The maximum Gasteiger partial charge on any atom is 0.295 e. The maximum absolute atomic E-state index is 12.9. The van der Waals surface area contributed by atoms with E-state index in [9.17, 15) is 26.5 Å². The van der Waals surface area contributed by atoms with Crippen LogP contribution in [0.4, 0.5) is 11.4 Å². The van der Waals surface area contributed by atoms with Gasteiger partial charge in [-0.05, 0) is 24.3 Å². The largest absolute Gasteiger partial charge is 0.505 e. The van der Waals surface area contributed by atoms with Gasteiger partial charge >= 0.3 is 0 Å². The number of rotatable bonds is 8. The van der Waals surface area contributed by atoms with Crippen LogP contribution in [0.3, 0.4) is 0 Å². The van der Waals surface area contributed by atoms with Crippen LogP contribution < -0.4 is 4.74 Å². The number of phenolic OH excluding ortho intramolecular Hbond substituents is 1. The summed E-state index contributed by atoms with van der Waals surface area (Å²) >= 11 is 0. The van der Waals surface area contributed by atoms with Gasteiger partial charge in [-0.25, -0.2) is 8.42 Å². The predicted octanol–water partition coefficient (Wildman–Crippen LogP) is 4.25. The Balaban J connectivity index is 2.17. The summed E-state index contributed by atoms with van der Waals surface area (Å²) in [5.41, 5.74) is -0.188. The van der Waals surface area contributed by atoms with Crippen molar-refractivity contribution in [1.82, 2.24) is 4.31 Å². The molecule has 0 heterocycles. The summed E-state index contributed by atoms with van der Waals surface area (Å²) in [5, 5.41) is 18.8. The predicted molar refractivity (Wildman–Crippen MR) is 123 cm³/mol. The Kier molecular flexibility index (Phi) is 7.03. The molecule has 12 heteroatoms. The van der Waals surface area contributed by atoms with Gasteiger partial charge in [-0.15, -0.1) is 10.2 Å². The maximum atomic E-state index is 12.9. The Morgan fingerprint density at radius 2 is 1.52 bits per heavy atom. The number of aromatic hydroxyl groups is 1. The van der Waals surface area contributed by atoms with E-state index in [-0.39, 0.29) is 51.6 Å². The number of sulfonamides is 1. The SMILES string of the molecule is CCN(CC)S(=O)(=O)c1ccc(OC)c(N=Nc2cc(S(=O)(=O)O)c3ccccc3c2O)c1. The Morgan fingerprint density at radius 3 is 2.09 bits per heavy atom. The molecule has 3 rings (SSSR count). The van der Waals surface area contributed by atoms with E-state index in [4.69, 9.17) is 4.74 Å². The van der Waals surface area contributed by atoms with Crippen LogP contribution >= 0.6 is 0 Å². The third kappa shape index (κ3) is 4.83. The highest BCUT2D eigenvalue weighted by Crippen LogP contribution is 2.40. The van der Waals surface area contributed by atoms with Crippen molar-refractivity contribution in [3.63, 3.8) is 0 Å². The zero-order valence-electron chi connectivity index (χ0n) is 18.1. The molecule has 0 saturated heterocycles. The number of nitrogens with zero attached hydrogens (tertiary/aromatic N) is 3. The number of hydrogen-bond acceptors (Lipinski definition) is 8. The lowest BCUT2D eigenvalue weighted by atomic mass is 10.1. The van der Waals surface area contributed by atoms with Crippen LogP contribution in [-0.4, -0.2) is 51.0 Å². The van der Waals surface area contributed by atoms with Crippen molar-refractivity contribution in [2.24, 2.45) is 10.2 Å². The molecule has 10 nitrogen and oxygen atoms in total. The molecule has 33 heavy (non-hydrogen) atoms. The van der Waals surface area contributed by atoms with Gasteiger partial charge in [-0.1, -0.05) is 38.1 Å². The summed E-state index contributed by atoms with van der Waals surface area (Å²) in [6.45, 7) is 4.01. The fourth-order valence-electron chi connectivity index (χ4n) is 3.33. The van der Waals surface area contributed by atoms with Crippen LogP contribution in [0.1, 0.15) is 13.8 Å². The van der Waals surface area contributed by atoms with E-state index in [0.29, 0.717) is 0 Å². The monoisotopic (exact) mass is 493 g/mol. The van der Waals surface area contributed by atoms with Crippen LogP contribution in [0, 0.1) is 0 Å². The van der Waals surface area contributed by atoms with E-state index < -0.39 is 25.0 Å². The van der Waals surface area contributed by atoms with Gasteiger partial charge in [0, 0.05) is 23.9 Å². The second-order valence-corrected chi connectivity index (χ2v) is 10.2. The third-order valence-corrected chi connectivity index (χ3v) is 7.93. The molecular weight excluding hydrogens is 470 g/mol. The normalized spacial score (nSPS) is 12.6. The number of phenols is 1. The van der Waals surface area contributed by atoms with Crippen molar-refractivity contribution < 1.29 is 31.2 Å². The molecule has 0 aliphatic heterocycles. The first kappa shape index (κ1) is 24.6. The summed E-state index contributed by atoms with van der Waals surface area (Å²) < 4.78 is 65.6. The highest BCUT2D eigenvalue weighted by molar-refractivity contribution is 7.89. The quantitative estimate of drug-likeness (QED) is 0.352. The molecule has 0 aromatic heterocycles. The Labute approximate surface area is 191 Å². The first-order chi connectivity index (χ1) is 15.5. The second kappa shape index (κ2) is 9.43. The number of hydrogen-bond donors (Lipinski definition) is 2. The summed E-state index contributed by atoms with van der Waals surface area (Å²) in [7, 11) is -7.04. The summed E-state index contributed by atoms with van der Waals surface area (Å²) in [6.07, 6.45) is 0. The van der Waals surface area contributed by atoms with Gasteiger partial charge in [0.2, 0.25) is 10.0 Å². The van der Waals surface area contributed by atoms with Crippen molar-refractivity contribution in [2.45, 2.75) is 23.6 Å². The standard InChI is InChI=1S/C21H23N3O7S2/c1-4-24(5-2)32(26,27)14-10-11-19(31-3)17(12-14)22-23-18-13-20(33(28,29)30)15-8-6-7-9-16(15)21(18)25/h6-13,25H,4-5H2,1-3H3,(H,28,29,30). The molecule has 0 saturated carbocycles. The summed E-state index contributed by atoms with van der Waals surface area (Å²) in [4.78, 5) is -0.475. The van der Waals surface area contributed by atoms with Gasteiger partial charge in [0.15, 0.2) is 5.75 Å². The average Bonchev–Trinajstić information content (AvgIpc) is 2.78. The van der Waals surface area contributed by atoms with E-state index in [0.717, 1.165) is 6.07 Å². The van der Waals surface area contributed by atoms with Gasteiger partial charge in [-0.3, -0.25) is 4.55 Å². The minimum atomic E-state index is -4.63. The Morgan fingerprint density at radius 1 is 0.909 bits per heavy atom. The minimum Gasteiger partial charge on any atom is -0.505 e. The first-order valence-corrected chi connectivity index (χ1v) is 12.7. The molecule has 0 fully saturated rings. The summed E-state index contributed by atoms with van der Waals surface area (Å²) in [6, 6.07) is 11.1. The van der Waals surface area contributed by atoms with Crippen LogP contribution in [0.15, 0.2) is 68.6 Å². The van der Waals surface area contributed by atoms with E-state index in [1.54, 1.807) is 26.0 Å². The molecule has 0 radical (unpaired) electrons. The van der Waals surface area contributed by atoms with Crippen molar-refractivity contribution in [3.8, 4) is 11.5 Å². The third-order valence-electron chi connectivity index (χ3n) is 4.99. The van der Waals surface area contributed by atoms with Crippen molar-refractivity contribution in [3.05, 3.63) is 48.5 Å². The van der Waals surface area contributed by atoms with Crippen LogP contribution in [0.2, 0.25) is 0 Å². The Bertz CT molecular complexity index is 1430. The molecule has 0 atom stereocenters. The van der Waals surface area contributed by atoms with Crippen LogP contribution in [0.25, 0.3) is 10.8 Å². The van der Waals surface area contributed by atoms with Crippen molar-refractivity contribution in [1.29, 1.82) is 0 Å². The van der Waals surface area contributed by atoms with Gasteiger partial charge in [-0.2, -0.15) is 12.7 Å². The summed E-state index contributed by atoms with van der Waals surface area (Å²) in [5.74, 6) is -0.139. The van der Waals surface area contributed by atoms with E-state index in [1.807, 2.05) is 0 Å². The molecular formula is C21H23N3O7S2. The molecule has 3 aromatic rings. The highest BCUT2D eigenvalue weighted by Gasteiger charge is 2.23. The average molecular weight is 494 g/mol. The smallest absolute Gasteiger partial charge is 0.295 e. The number of ether oxygens (including phenoxy) is 1. The van der Waals surface area contributed by atoms with E-state index in [1.165, 1.54) is 41.7 Å². The van der Waals surface area contributed by atoms with Gasteiger partial charge in [0.05, 0.1) is 12.0 Å². The number of benzene rings is 3. The van der Waals surface area contributed by atoms with E-state index in [2.05, 4.69) is 10.2 Å². The fourth-order valence-corrected chi connectivity index (χ4v) is 5.53. The molecule has 0 amide bonds. The number of fused-ring (bicyclic) bond motifs is 1. The topological polar surface area (TPSA) is 146 Å². The second-order valence-electron chi connectivity index (χ2n) is 6.89. The van der Waals surface area contributed by atoms with Gasteiger partial charge in [0.1, 0.15) is 22.0 Å². The molecule has 0 unspecified atom stereocenters. The molecule has 2 N–H and O–H groups in total. The lowest BCUT2D eigenvalue weighted by molar-refractivity contribution is 0.415. The molecule has 0 bridgehead atoms. The molecule has 0 aliphatic carbocycles. The lowest BCUT2D eigenvalue weighted by Crippen LogP contribution is -2.30. The molecule has 3 aromatic carbocycles. The zero-order valence-corrected chi connectivity index (χ0v) is 19.8. The zero-order chi connectivity index (χ0) is 24.4. The van der Waals surface area contributed by atoms with Gasteiger partial charge in [0.25, 0.3) is 10.1 Å². The first-order valence-electron chi connectivity index (χ1n) is 9.86. The number of azo groups is 1. The van der Waals surface area contributed by atoms with Crippen molar-refractivity contribution in [2.75, 3.05) is 20.2 Å². The van der Waals surface area contributed by atoms with Crippen LogP contribution in [-0.2, 0) is 20.1 Å². The van der Waals surface area contributed by atoms with Crippen LogP contribution in [0.5, 0.6) is 11.5 Å². The molecule has 0 aliphatic rings. The Hall–Kier alpha value is -3.06. The van der Waals surface area contributed by atoms with E-state index >= 15 is 0 Å².